The van der Waals surface area contributed by atoms with Crippen LogP contribution in [0.5, 0.6) is 0 Å². The Labute approximate surface area is 354 Å². The molecule has 0 saturated carbocycles. The number of imide groups is 1. The normalized spacial score (nSPS) is 17.0. The summed E-state index contributed by atoms with van der Waals surface area (Å²) in [7, 11) is 0. The molecule has 0 atom stereocenters. The highest BCUT2D eigenvalue weighted by atomic mass is 32.1. The zero-order valence-electron chi connectivity index (χ0n) is 33.4. The molecule has 0 bridgehead atoms. The van der Waals surface area contributed by atoms with E-state index in [1.54, 1.807) is 20.5 Å². The Bertz CT molecular complexity index is 2550. The third kappa shape index (κ3) is 7.74. The Balaban J connectivity index is 0.813. The molecule has 4 aliphatic heterocycles. The summed E-state index contributed by atoms with van der Waals surface area (Å²) in [5.74, 6) is -1.28. The maximum atomic E-state index is 16.0. The number of carbonyl (C=O) groups excluding carboxylic acids is 5. The molecule has 9 rings (SSSR count). The van der Waals surface area contributed by atoms with E-state index in [1.165, 1.54) is 30.4 Å². The van der Waals surface area contributed by atoms with Crippen molar-refractivity contribution in [3.05, 3.63) is 93.6 Å². The van der Waals surface area contributed by atoms with E-state index in [0.717, 1.165) is 54.2 Å². The minimum atomic E-state index is -0.763. The fourth-order valence-corrected chi connectivity index (χ4v) is 9.17. The van der Waals surface area contributed by atoms with Crippen molar-refractivity contribution in [2.24, 2.45) is 11.7 Å². The average molecular weight is 846 g/mol. The number of primary amides is 1. The van der Waals surface area contributed by atoms with Crippen molar-refractivity contribution in [1.82, 2.24) is 25.0 Å². The van der Waals surface area contributed by atoms with E-state index < -0.39 is 23.7 Å². The summed E-state index contributed by atoms with van der Waals surface area (Å²) in [6.07, 6.45) is 2.38. The molecule has 5 N–H and O–H groups in total. The van der Waals surface area contributed by atoms with Crippen LogP contribution in [0.4, 0.5) is 43.6 Å². The molecular formula is C43H44FN11O5S. The van der Waals surface area contributed by atoms with E-state index in [9.17, 15) is 24.0 Å². The first kappa shape index (κ1) is 39.6. The number of urea groups is 1. The minimum absolute atomic E-state index is 0.0342. The van der Waals surface area contributed by atoms with E-state index in [4.69, 9.17) is 5.73 Å². The first-order valence-corrected chi connectivity index (χ1v) is 21.3. The molecular weight excluding hydrogens is 802 g/mol. The van der Waals surface area contributed by atoms with Gasteiger partial charge in [0.15, 0.2) is 0 Å². The van der Waals surface area contributed by atoms with Crippen LogP contribution >= 0.6 is 11.3 Å². The Morgan fingerprint density at radius 1 is 0.852 bits per heavy atom. The van der Waals surface area contributed by atoms with Crippen LogP contribution in [-0.4, -0.2) is 95.1 Å². The minimum Gasteiger partial charge on any atom is -0.371 e. The van der Waals surface area contributed by atoms with Gasteiger partial charge in [-0.2, -0.15) is 5.10 Å². The van der Waals surface area contributed by atoms with Crippen LogP contribution in [-0.2, 0) is 22.6 Å². The quantitative estimate of drug-likeness (QED) is 0.163. The summed E-state index contributed by atoms with van der Waals surface area (Å²) >= 11 is 1.33. The molecule has 2 aromatic heterocycles. The molecule has 0 spiro atoms. The number of anilines is 6. The second-order valence-electron chi connectivity index (χ2n) is 15.6. The molecule has 6 amide bonds. The van der Waals surface area contributed by atoms with Gasteiger partial charge < -0.3 is 31.1 Å². The maximum absolute atomic E-state index is 16.0. The number of nitrogens with zero attached hydrogens (tertiary/aromatic N) is 7. The number of benzene rings is 3. The third-order valence-electron chi connectivity index (χ3n) is 12.1. The molecule has 314 valence electrons. The van der Waals surface area contributed by atoms with Crippen LogP contribution in [0.15, 0.2) is 65.5 Å². The second-order valence-corrected chi connectivity index (χ2v) is 16.4. The number of thiazole rings is 1. The fourth-order valence-electron chi connectivity index (χ4n) is 8.69. The molecule has 16 nitrogen and oxygen atoms in total. The van der Waals surface area contributed by atoms with Gasteiger partial charge in [-0.3, -0.25) is 29.4 Å². The van der Waals surface area contributed by atoms with Crippen LogP contribution in [0, 0.1) is 18.7 Å². The van der Waals surface area contributed by atoms with Crippen molar-refractivity contribution < 1.29 is 28.4 Å². The number of aromatic nitrogens is 3. The predicted octanol–water partition coefficient (Wildman–Crippen LogP) is 5.12. The molecule has 0 aliphatic carbocycles. The fraction of sp³-hybridized carbons (Fsp3) is 0.326. The summed E-state index contributed by atoms with van der Waals surface area (Å²) in [5.41, 5.74) is 12.6. The number of nitrogens with two attached hydrogens (primary N) is 1. The molecule has 0 unspecified atom stereocenters. The van der Waals surface area contributed by atoms with Crippen molar-refractivity contribution >= 4 is 75.4 Å². The maximum Gasteiger partial charge on any atom is 0.328 e. The van der Waals surface area contributed by atoms with E-state index >= 15 is 4.39 Å². The van der Waals surface area contributed by atoms with Gasteiger partial charge in [-0.1, -0.05) is 0 Å². The molecule has 3 fully saturated rings. The molecule has 0 radical (unpaired) electrons. The van der Waals surface area contributed by atoms with Crippen molar-refractivity contribution in [1.29, 1.82) is 0 Å². The third-order valence-corrected chi connectivity index (χ3v) is 12.7. The highest BCUT2D eigenvalue weighted by Gasteiger charge is 2.33. The number of aryl methyl sites for hydroxylation is 2. The highest BCUT2D eigenvalue weighted by molar-refractivity contribution is 7.07. The van der Waals surface area contributed by atoms with Gasteiger partial charge in [-0.15, -0.1) is 11.3 Å². The van der Waals surface area contributed by atoms with Crippen LogP contribution in [0.3, 0.4) is 0 Å². The SMILES string of the molecule is Cc1c(C(=O)Nc2cscn2)ccc(-c2nn3c(c2C(N)=O)Nc2ccc(N4CCN(C(=O)C5CCN(c6ccc(N7CCC(=O)NC7=O)cc6)CC5)CC4)cc2CC3)c1F. The molecule has 5 aromatic rings. The zero-order chi connectivity index (χ0) is 42.4. The highest BCUT2D eigenvalue weighted by Crippen LogP contribution is 2.38. The van der Waals surface area contributed by atoms with E-state index in [1.807, 2.05) is 41.3 Å². The van der Waals surface area contributed by atoms with E-state index in [2.05, 4.69) is 41.9 Å². The zero-order valence-corrected chi connectivity index (χ0v) is 34.3. The number of piperazine rings is 1. The van der Waals surface area contributed by atoms with Gasteiger partial charge in [0.25, 0.3) is 11.8 Å². The van der Waals surface area contributed by atoms with Crippen LogP contribution < -0.4 is 36.4 Å². The Morgan fingerprint density at radius 3 is 2.28 bits per heavy atom. The molecule has 4 aliphatic rings. The van der Waals surface area contributed by atoms with Gasteiger partial charge in [0.2, 0.25) is 11.8 Å². The predicted molar refractivity (Wildman–Crippen MR) is 230 cm³/mol. The molecule has 61 heavy (non-hydrogen) atoms. The first-order chi connectivity index (χ1) is 29.5. The summed E-state index contributed by atoms with van der Waals surface area (Å²) in [6, 6.07) is 16.4. The number of fused-ring (bicyclic) bond motifs is 2. The summed E-state index contributed by atoms with van der Waals surface area (Å²) in [4.78, 5) is 75.5. The smallest absolute Gasteiger partial charge is 0.328 e. The van der Waals surface area contributed by atoms with Gasteiger partial charge >= 0.3 is 6.03 Å². The number of halogens is 1. The Kier molecular flexibility index (Phi) is 10.6. The lowest BCUT2D eigenvalue weighted by Crippen LogP contribution is -2.51. The standard InChI is InChI=1S/C43H44FN11O5S/c1-25-31(41(58)48-34-23-61-24-46-34)7-8-32(37(25)44)38-36(39(45)57)40-47-33-9-6-30(22-27(33)12-17-55(40)50-38)52-18-20-53(21-19-52)42(59)26-10-14-51(15-11-26)28-2-4-29(5-3-28)54-16-13-35(56)49-43(54)60/h2-9,22-24,26,47H,10-21H2,1H3,(H2,45,57)(H,48,58)(H,49,56,60). The number of amides is 6. The molecule has 18 heteroatoms. The number of hydrogen-bond acceptors (Lipinski definition) is 11. The van der Waals surface area contributed by atoms with Gasteiger partial charge in [0.1, 0.15) is 28.7 Å². The second kappa shape index (κ2) is 16.3. The van der Waals surface area contributed by atoms with E-state index in [0.29, 0.717) is 57.3 Å². The molecule has 6 heterocycles. The van der Waals surface area contributed by atoms with Crippen LogP contribution in [0.1, 0.15) is 51.1 Å². The topological polar surface area (TPSA) is 191 Å². The molecule has 3 aromatic carbocycles. The van der Waals surface area contributed by atoms with Gasteiger partial charge in [0.05, 0.1) is 5.51 Å². The van der Waals surface area contributed by atoms with Gasteiger partial charge in [-0.25, -0.2) is 18.9 Å². The summed E-state index contributed by atoms with van der Waals surface area (Å²) in [5, 5.41) is 14.7. The van der Waals surface area contributed by atoms with Crippen LogP contribution in [0.25, 0.3) is 11.3 Å². The van der Waals surface area contributed by atoms with Crippen LogP contribution in [0.2, 0.25) is 0 Å². The van der Waals surface area contributed by atoms with Crippen molar-refractivity contribution in [3.63, 3.8) is 0 Å². The number of hydrogen-bond donors (Lipinski definition) is 4. The number of carbonyl (C=O) groups is 5. The number of piperidine rings is 1. The summed E-state index contributed by atoms with van der Waals surface area (Å²) < 4.78 is 17.6. The van der Waals surface area contributed by atoms with E-state index in [-0.39, 0.29) is 52.1 Å². The van der Waals surface area contributed by atoms with Crippen molar-refractivity contribution in [3.8, 4) is 11.3 Å². The Morgan fingerprint density at radius 2 is 1.57 bits per heavy atom. The largest absolute Gasteiger partial charge is 0.371 e. The van der Waals surface area contributed by atoms with Gasteiger partial charge in [0, 0.05) is 104 Å². The average Bonchev–Trinajstić information content (AvgIpc) is 3.87. The van der Waals surface area contributed by atoms with Crippen molar-refractivity contribution in [2.75, 3.05) is 71.1 Å². The lowest BCUT2D eigenvalue weighted by atomic mass is 9.94. The number of rotatable bonds is 8. The monoisotopic (exact) mass is 845 g/mol. The summed E-state index contributed by atoms with van der Waals surface area (Å²) in [6.45, 7) is 6.42. The number of nitrogens with one attached hydrogen (secondary N) is 3. The first-order valence-electron chi connectivity index (χ1n) is 20.3. The lowest BCUT2D eigenvalue weighted by Gasteiger charge is -2.40. The van der Waals surface area contributed by atoms with Gasteiger partial charge in [-0.05, 0) is 91.9 Å². The lowest BCUT2D eigenvalue weighted by molar-refractivity contribution is -0.136. The molecule has 3 saturated heterocycles. The van der Waals surface area contributed by atoms with Crippen molar-refractivity contribution in [2.45, 2.75) is 39.2 Å². The Hall–Kier alpha value is -6.82.